The van der Waals surface area contributed by atoms with Crippen LogP contribution in [0.25, 0.3) is 0 Å². The number of hydrogen-bond donors (Lipinski definition) is 5. The number of ketones is 1. The molecule has 1 heterocycles. The molecule has 1 aliphatic heterocycles. The van der Waals surface area contributed by atoms with E-state index in [-0.39, 0.29) is 36.5 Å². The van der Waals surface area contributed by atoms with Gasteiger partial charge in [0.15, 0.2) is 0 Å². The smallest absolute Gasteiger partial charge is 0.326 e. The van der Waals surface area contributed by atoms with Gasteiger partial charge in [-0.25, -0.2) is 4.79 Å². The zero-order valence-corrected chi connectivity index (χ0v) is 26.8. The van der Waals surface area contributed by atoms with Crippen LogP contribution >= 0.6 is 0 Å². The highest BCUT2D eigenvalue weighted by Crippen LogP contribution is 2.42. The molecule has 2 aliphatic rings. The summed E-state index contributed by atoms with van der Waals surface area (Å²) in [4.78, 5) is 80.1. The molecule has 1 aromatic rings. The van der Waals surface area contributed by atoms with Crippen LogP contribution in [0.4, 0.5) is 0 Å². The number of aliphatic hydroxyl groups excluding tert-OH is 1. The number of nitrogens with one attached hydrogen (secondary N) is 3. The van der Waals surface area contributed by atoms with Crippen molar-refractivity contribution >= 4 is 35.4 Å². The molecule has 0 unspecified atom stereocenters. The van der Waals surface area contributed by atoms with Crippen LogP contribution in [-0.2, 0) is 35.2 Å². The molecule has 0 radical (unpaired) electrons. The predicted octanol–water partition coefficient (Wildman–Crippen LogP) is 1.44. The standard InChI is InChI=1S/C33H48N4O8/c1-6-11-23(28(39)31(42)35-24(33(44)45)16-20-12-8-7-9-13-20)34-29(40)26-22-15-10-14-21(22)17-37(26)32(43)25(18(2)3)36-30(41)27(38)19(4)5/h7-9,12-13,18-19,21-27,38H,6,10-11,14-17H2,1-5H3,(H,34,40)(H,35,42)(H,36,41)(H,44,45)/t21-,22-,23-,24-,25-,26-,27-/m0/s1. The van der Waals surface area contributed by atoms with Crippen LogP contribution < -0.4 is 16.0 Å². The minimum Gasteiger partial charge on any atom is -0.480 e. The summed E-state index contributed by atoms with van der Waals surface area (Å²) < 4.78 is 0. The molecular weight excluding hydrogens is 580 g/mol. The molecule has 0 aromatic heterocycles. The number of carboxylic acids is 1. The highest BCUT2D eigenvalue weighted by atomic mass is 16.4. The molecule has 1 saturated carbocycles. The number of fused-ring (bicyclic) bond motifs is 1. The first kappa shape index (κ1) is 35.7. The molecule has 1 aromatic carbocycles. The Labute approximate surface area is 264 Å². The van der Waals surface area contributed by atoms with Crippen molar-refractivity contribution in [2.75, 3.05) is 6.54 Å². The summed E-state index contributed by atoms with van der Waals surface area (Å²) in [5.41, 5.74) is 0.669. The molecule has 12 heteroatoms. The largest absolute Gasteiger partial charge is 0.480 e. The summed E-state index contributed by atoms with van der Waals surface area (Å²) in [6, 6.07) is 4.26. The molecular formula is C33H48N4O8. The third kappa shape index (κ3) is 8.90. The molecule has 0 spiro atoms. The van der Waals surface area contributed by atoms with Crippen molar-refractivity contribution in [2.45, 2.75) is 103 Å². The number of nitrogens with zero attached hydrogens (tertiary/aromatic N) is 1. The average molecular weight is 629 g/mol. The maximum absolute atomic E-state index is 13.9. The first-order valence-electron chi connectivity index (χ1n) is 16.0. The van der Waals surface area contributed by atoms with Gasteiger partial charge < -0.3 is 31.1 Å². The van der Waals surface area contributed by atoms with Gasteiger partial charge in [0.25, 0.3) is 5.91 Å². The average Bonchev–Trinajstić information content (AvgIpc) is 3.60. The normalized spacial score (nSPS) is 21.9. The zero-order valence-electron chi connectivity index (χ0n) is 26.8. The Morgan fingerprint density at radius 1 is 0.911 bits per heavy atom. The van der Waals surface area contributed by atoms with Crippen LogP contribution in [-0.4, -0.2) is 87.3 Å². The quantitative estimate of drug-likeness (QED) is 0.181. The summed E-state index contributed by atoms with van der Waals surface area (Å²) in [7, 11) is 0. The SMILES string of the molecule is CCC[C@H](NC(=O)[C@@H]1[C@H]2CCC[C@H]2CN1C(=O)[C@@H](NC(=O)[C@@H](O)C(C)C)C(C)C)C(=O)C(=O)N[C@@H](Cc1ccccc1)C(=O)O. The van der Waals surface area contributed by atoms with Crippen LogP contribution in [0.5, 0.6) is 0 Å². The van der Waals surface area contributed by atoms with Gasteiger partial charge in [0.2, 0.25) is 23.5 Å². The summed E-state index contributed by atoms with van der Waals surface area (Å²) in [6.45, 7) is 9.04. The molecule has 12 nitrogen and oxygen atoms in total. The van der Waals surface area contributed by atoms with E-state index in [0.29, 0.717) is 24.9 Å². The van der Waals surface area contributed by atoms with Crippen molar-refractivity contribution in [3.63, 3.8) is 0 Å². The second kappa shape index (κ2) is 16.0. The van der Waals surface area contributed by atoms with Crippen LogP contribution in [0.3, 0.4) is 0 Å². The minimum absolute atomic E-state index is 0.0238. The Kier molecular flexibility index (Phi) is 12.7. The molecule has 5 N–H and O–H groups in total. The van der Waals surface area contributed by atoms with Gasteiger partial charge in [-0.2, -0.15) is 0 Å². The van der Waals surface area contributed by atoms with Gasteiger partial charge >= 0.3 is 5.97 Å². The van der Waals surface area contributed by atoms with E-state index < -0.39 is 65.7 Å². The lowest BCUT2D eigenvalue weighted by Gasteiger charge is -2.33. The molecule has 4 amide bonds. The second-order valence-electron chi connectivity index (χ2n) is 13.0. The van der Waals surface area contributed by atoms with E-state index in [9.17, 15) is 39.0 Å². The summed E-state index contributed by atoms with van der Waals surface area (Å²) in [6.07, 6.45) is 1.71. The van der Waals surface area contributed by atoms with Crippen molar-refractivity contribution in [3.05, 3.63) is 35.9 Å². The van der Waals surface area contributed by atoms with E-state index in [2.05, 4.69) is 16.0 Å². The maximum atomic E-state index is 13.9. The van der Waals surface area contributed by atoms with Crippen molar-refractivity contribution in [2.24, 2.45) is 23.7 Å². The van der Waals surface area contributed by atoms with E-state index >= 15 is 0 Å². The van der Waals surface area contributed by atoms with Gasteiger partial charge in [-0.05, 0) is 48.5 Å². The number of carbonyl (C=O) groups is 6. The van der Waals surface area contributed by atoms with E-state index in [1.165, 1.54) is 4.90 Å². The molecule has 3 rings (SSSR count). The summed E-state index contributed by atoms with van der Waals surface area (Å²) in [5.74, 6) is -5.79. The number of carboxylic acid groups (broad SMARTS) is 1. The lowest BCUT2D eigenvalue weighted by atomic mass is 9.92. The number of aliphatic hydroxyl groups is 1. The van der Waals surface area contributed by atoms with Crippen LogP contribution in [0.2, 0.25) is 0 Å². The number of carbonyl (C=O) groups excluding carboxylic acids is 5. The van der Waals surface area contributed by atoms with E-state index in [0.717, 1.165) is 12.8 Å². The van der Waals surface area contributed by atoms with Gasteiger partial charge in [0.05, 0.1) is 6.04 Å². The fourth-order valence-corrected chi connectivity index (χ4v) is 6.35. The highest BCUT2D eigenvalue weighted by Gasteiger charge is 2.51. The van der Waals surface area contributed by atoms with Gasteiger partial charge in [-0.15, -0.1) is 0 Å². The fraction of sp³-hybridized carbons (Fsp3) is 0.636. The Morgan fingerprint density at radius 2 is 1.58 bits per heavy atom. The number of hydrogen-bond acceptors (Lipinski definition) is 7. The molecule has 45 heavy (non-hydrogen) atoms. The minimum atomic E-state index is -1.35. The molecule has 1 aliphatic carbocycles. The first-order chi connectivity index (χ1) is 21.3. The monoisotopic (exact) mass is 628 g/mol. The Morgan fingerprint density at radius 3 is 2.16 bits per heavy atom. The lowest BCUT2D eigenvalue weighted by molar-refractivity contribution is -0.146. The molecule has 1 saturated heterocycles. The molecule has 248 valence electrons. The van der Waals surface area contributed by atoms with E-state index in [1.54, 1.807) is 65.0 Å². The maximum Gasteiger partial charge on any atom is 0.326 e. The second-order valence-corrected chi connectivity index (χ2v) is 13.0. The van der Waals surface area contributed by atoms with Gasteiger partial charge in [-0.3, -0.25) is 24.0 Å². The highest BCUT2D eigenvalue weighted by molar-refractivity contribution is 6.38. The van der Waals surface area contributed by atoms with E-state index in [1.807, 2.05) is 0 Å². The molecule has 0 bridgehead atoms. The number of aliphatic carboxylic acids is 1. The van der Waals surface area contributed by atoms with Crippen molar-refractivity contribution < 1.29 is 39.0 Å². The number of likely N-dealkylation sites (tertiary alicyclic amines) is 1. The Bertz CT molecular complexity index is 1240. The number of rotatable bonds is 15. The van der Waals surface area contributed by atoms with Crippen molar-refractivity contribution in [1.82, 2.24) is 20.9 Å². The summed E-state index contributed by atoms with van der Waals surface area (Å²) >= 11 is 0. The summed E-state index contributed by atoms with van der Waals surface area (Å²) in [5, 5.41) is 27.6. The number of Topliss-reactive ketones (excluding diaryl/α,β-unsaturated/α-hetero) is 1. The third-order valence-electron chi connectivity index (χ3n) is 8.89. The topological polar surface area (TPSA) is 182 Å². The third-order valence-corrected chi connectivity index (χ3v) is 8.89. The van der Waals surface area contributed by atoms with Crippen LogP contribution in [0, 0.1) is 23.7 Å². The fourth-order valence-electron chi connectivity index (χ4n) is 6.35. The molecule has 2 fully saturated rings. The van der Waals surface area contributed by atoms with Gasteiger partial charge in [0, 0.05) is 13.0 Å². The van der Waals surface area contributed by atoms with Crippen molar-refractivity contribution in [1.29, 1.82) is 0 Å². The predicted molar refractivity (Wildman–Crippen MR) is 166 cm³/mol. The number of benzene rings is 1. The van der Waals surface area contributed by atoms with Gasteiger partial charge in [-0.1, -0.05) is 77.8 Å². The molecule has 7 atom stereocenters. The Balaban J connectivity index is 1.78. The zero-order chi connectivity index (χ0) is 33.4. The van der Waals surface area contributed by atoms with Crippen LogP contribution in [0.15, 0.2) is 30.3 Å². The lowest BCUT2D eigenvalue weighted by Crippen LogP contribution is -2.59. The van der Waals surface area contributed by atoms with Crippen molar-refractivity contribution in [3.8, 4) is 0 Å². The van der Waals surface area contributed by atoms with E-state index in [4.69, 9.17) is 0 Å². The Hall–Kier alpha value is -3.80. The van der Waals surface area contributed by atoms with Gasteiger partial charge in [0.1, 0.15) is 24.2 Å². The number of amides is 4. The first-order valence-corrected chi connectivity index (χ1v) is 16.0. The van der Waals surface area contributed by atoms with Crippen LogP contribution in [0.1, 0.15) is 72.3 Å².